The van der Waals surface area contributed by atoms with Crippen LogP contribution in [0.15, 0.2) is 0 Å². The molecule has 3 saturated heterocycles. The molecule has 156 valence electrons. The molecule has 9 heteroatoms. The molecular formula is C19H32N6O3. The minimum atomic E-state index is -0.653. The van der Waals surface area contributed by atoms with Crippen LogP contribution in [-0.4, -0.2) is 79.9 Å². The van der Waals surface area contributed by atoms with Crippen LogP contribution in [0.4, 0.5) is 0 Å². The Morgan fingerprint density at radius 1 is 1.32 bits per heavy atom. The first-order valence-electron chi connectivity index (χ1n) is 10.3. The van der Waals surface area contributed by atoms with E-state index in [9.17, 15) is 14.9 Å². The summed E-state index contributed by atoms with van der Waals surface area (Å²) in [4.78, 5) is 26.9. The Kier molecular flexibility index (Phi) is 7.62. The number of rotatable bonds is 7. The Labute approximate surface area is 166 Å². The molecule has 3 fully saturated rings. The molecule has 0 spiro atoms. The summed E-state index contributed by atoms with van der Waals surface area (Å²) in [5, 5.41) is 16.9. The Morgan fingerprint density at radius 2 is 2.11 bits per heavy atom. The van der Waals surface area contributed by atoms with E-state index in [2.05, 4.69) is 34.1 Å². The van der Waals surface area contributed by atoms with Crippen LogP contribution in [0.1, 0.15) is 38.5 Å². The maximum Gasteiger partial charge on any atom is 0.239 e. The molecule has 3 aliphatic heterocycles. The first kappa shape index (κ1) is 21.0. The van der Waals surface area contributed by atoms with Gasteiger partial charge in [-0.3, -0.25) is 15.0 Å². The summed E-state index contributed by atoms with van der Waals surface area (Å²) in [6.07, 6.45) is 4.91. The van der Waals surface area contributed by atoms with Crippen molar-refractivity contribution < 1.29 is 14.3 Å². The summed E-state index contributed by atoms with van der Waals surface area (Å²) in [5.74, 6) is -0.399. The molecule has 3 aliphatic rings. The van der Waals surface area contributed by atoms with Crippen molar-refractivity contribution in [3.63, 3.8) is 0 Å². The lowest BCUT2D eigenvalue weighted by atomic mass is 9.98. The fourth-order valence-corrected chi connectivity index (χ4v) is 4.10. The van der Waals surface area contributed by atoms with Crippen LogP contribution in [0.3, 0.4) is 0 Å². The number of likely N-dealkylation sites (tertiary alicyclic amines) is 1. The molecule has 3 heterocycles. The molecule has 0 aliphatic carbocycles. The van der Waals surface area contributed by atoms with E-state index in [1.54, 1.807) is 0 Å². The van der Waals surface area contributed by atoms with Crippen LogP contribution in [0.25, 0.3) is 0 Å². The molecular weight excluding hydrogens is 360 g/mol. The first-order valence-corrected chi connectivity index (χ1v) is 10.3. The van der Waals surface area contributed by atoms with E-state index in [0.29, 0.717) is 26.1 Å². The number of hydrogen-bond donors (Lipinski definition) is 3. The smallest absolute Gasteiger partial charge is 0.239 e. The number of hydrazine groups is 1. The van der Waals surface area contributed by atoms with Crippen molar-refractivity contribution in [3.8, 4) is 6.07 Å². The highest BCUT2D eigenvalue weighted by molar-refractivity contribution is 5.83. The van der Waals surface area contributed by atoms with E-state index in [-0.39, 0.29) is 29.9 Å². The van der Waals surface area contributed by atoms with E-state index < -0.39 is 6.04 Å². The lowest BCUT2D eigenvalue weighted by Crippen LogP contribution is -2.58. The van der Waals surface area contributed by atoms with E-state index in [0.717, 1.165) is 45.3 Å². The number of carbonyl (C=O) groups is 2. The largest absolute Gasteiger partial charge is 0.361 e. The molecule has 9 nitrogen and oxygen atoms in total. The van der Waals surface area contributed by atoms with Crippen LogP contribution >= 0.6 is 0 Å². The van der Waals surface area contributed by atoms with Crippen LogP contribution < -0.4 is 16.1 Å². The van der Waals surface area contributed by atoms with Crippen molar-refractivity contribution in [2.45, 2.75) is 56.7 Å². The SMILES string of the molecule is CN1CCC(OCN2NCCC[C@H]2C(=O)N[C@H](C#N)C[C@@H]2CCNC2=O)CC1. The van der Waals surface area contributed by atoms with Crippen molar-refractivity contribution in [2.75, 3.05) is 40.0 Å². The number of carbonyl (C=O) groups excluding carboxylic acids is 2. The quantitative estimate of drug-likeness (QED) is 0.539. The third kappa shape index (κ3) is 5.64. The van der Waals surface area contributed by atoms with Gasteiger partial charge in [0.15, 0.2) is 0 Å². The number of piperidine rings is 1. The lowest BCUT2D eigenvalue weighted by Gasteiger charge is -2.37. The van der Waals surface area contributed by atoms with Gasteiger partial charge in [0.25, 0.3) is 0 Å². The maximum absolute atomic E-state index is 12.8. The molecule has 0 aromatic rings. The normalized spacial score (nSPS) is 28.5. The number of nitriles is 1. The summed E-state index contributed by atoms with van der Waals surface area (Å²) in [7, 11) is 2.11. The van der Waals surface area contributed by atoms with E-state index >= 15 is 0 Å². The van der Waals surface area contributed by atoms with Crippen LogP contribution in [0, 0.1) is 17.2 Å². The van der Waals surface area contributed by atoms with Crippen molar-refractivity contribution >= 4 is 11.8 Å². The van der Waals surface area contributed by atoms with Gasteiger partial charge in [0.1, 0.15) is 18.8 Å². The number of nitrogens with one attached hydrogen (secondary N) is 3. The summed E-state index contributed by atoms with van der Waals surface area (Å²) in [5.41, 5.74) is 3.26. The minimum absolute atomic E-state index is 0.0259. The predicted octanol–water partition coefficient (Wildman–Crippen LogP) is -0.442. The monoisotopic (exact) mass is 392 g/mol. The Hall–Kier alpha value is -1.73. The molecule has 2 amide bonds. The van der Waals surface area contributed by atoms with Crippen molar-refractivity contribution in [3.05, 3.63) is 0 Å². The van der Waals surface area contributed by atoms with Gasteiger partial charge in [-0.25, -0.2) is 5.01 Å². The molecule has 3 N–H and O–H groups in total. The second-order valence-corrected chi connectivity index (χ2v) is 8.04. The Morgan fingerprint density at radius 3 is 2.79 bits per heavy atom. The van der Waals surface area contributed by atoms with E-state index in [1.807, 2.05) is 5.01 Å². The summed E-state index contributed by atoms with van der Waals surface area (Å²) < 4.78 is 6.04. The fraction of sp³-hybridized carbons (Fsp3) is 0.842. The lowest BCUT2D eigenvalue weighted by molar-refractivity contribution is -0.138. The van der Waals surface area contributed by atoms with Crippen LogP contribution in [0.5, 0.6) is 0 Å². The highest BCUT2D eigenvalue weighted by Gasteiger charge is 2.33. The number of ether oxygens (including phenoxy) is 1. The van der Waals surface area contributed by atoms with E-state index in [4.69, 9.17) is 4.74 Å². The zero-order valence-corrected chi connectivity index (χ0v) is 16.7. The summed E-state index contributed by atoms with van der Waals surface area (Å²) in [6.45, 7) is 3.87. The Balaban J connectivity index is 1.49. The van der Waals surface area contributed by atoms with Gasteiger partial charge in [0, 0.05) is 32.1 Å². The number of amides is 2. The van der Waals surface area contributed by atoms with Crippen molar-refractivity contribution in [1.29, 1.82) is 5.26 Å². The molecule has 0 unspecified atom stereocenters. The average Bonchev–Trinajstić information content (AvgIpc) is 3.11. The average molecular weight is 393 g/mol. The minimum Gasteiger partial charge on any atom is -0.361 e. The van der Waals surface area contributed by atoms with Gasteiger partial charge in [0.2, 0.25) is 11.8 Å². The van der Waals surface area contributed by atoms with Gasteiger partial charge >= 0.3 is 0 Å². The van der Waals surface area contributed by atoms with Gasteiger partial charge in [-0.1, -0.05) is 0 Å². The molecule has 0 aromatic heterocycles. The van der Waals surface area contributed by atoms with Gasteiger partial charge in [-0.2, -0.15) is 5.26 Å². The van der Waals surface area contributed by atoms with Crippen molar-refractivity contribution in [1.82, 2.24) is 26.0 Å². The van der Waals surface area contributed by atoms with Crippen LogP contribution in [-0.2, 0) is 14.3 Å². The van der Waals surface area contributed by atoms with E-state index in [1.165, 1.54) is 0 Å². The van der Waals surface area contributed by atoms with Crippen LogP contribution in [0.2, 0.25) is 0 Å². The highest BCUT2D eigenvalue weighted by Crippen LogP contribution is 2.18. The zero-order chi connectivity index (χ0) is 19.9. The second kappa shape index (κ2) is 10.2. The molecule has 0 aromatic carbocycles. The predicted molar refractivity (Wildman–Crippen MR) is 103 cm³/mol. The highest BCUT2D eigenvalue weighted by atomic mass is 16.5. The molecule has 0 radical (unpaired) electrons. The topological polar surface area (TPSA) is 110 Å². The second-order valence-electron chi connectivity index (χ2n) is 8.04. The third-order valence-corrected chi connectivity index (χ3v) is 5.92. The zero-order valence-electron chi connectivity index (χ0n) is 16.7. The molecule has 0 saturated carbocycles. The number of hydrogen-bond acceptors (Lipinski definition) is 7. The number of nitrogens with zero attached hydrogens (tertiary/aromatic N) is 3. The van der Waals surface area contributed by atoms with Gasteiger partial charge < -0.3 is 20.3 Å². The standard InChI is InChI=1S/C19H32N6O3/c1-24-9-5-16(6-10-24)28-13-25-17(3-2-7-22-25)19(27)23-15(12-20)11-14-4-8-21-18(14)26/h14-17,22H,2-11,13H2,1H3,(H,21,26)(H,23,27)/t14-,15-,17-/m0/s1. The van der Waals surface area contributed by atoms with Gasteiger partial charge in [-0.15, -0.1) is 0 Å². The third-order valence-electron chi connectivity index (χ3n) is 5.92. The maximum atomic E-state index is 12.8. The van der Waals surface area contributed by atoms with Gasteiger partial charge in [-0.05, 0) is 45.6 Å². The van der Waals surface area contributed by atoms with Gasteiger partial charge in [0.05, 0.1) is 12.2 Å². The van der Waals surface area contributed by atoms with Crippen molar-refractivity contribution in [2.24, 2.45) is 5.92 Å². The molecule has 3 rings (SSSR count). The summed E-state index contributed by atoms with van der Waals surface area (Å²) >= 11 is 0. The molecule has 28 heavy (non-hydrogen) atoms. The summed E-state index contributed by atoms with van der Waals surface area (Å²) in [6, 6.07) is 1.12. The first-order chi connectivity index (χ1) is 13.6. The molecule has 0 bridgehead atoms. The Bertz CT molecular complexity index is 587. The fourth-order valence-electron chi connectivity index (χ4n) is 4.10. The molecule has 3 atom stereocenters.